The van der Waals surface area contributed by atoms with Gasteiger partial charge in [0, 0.05) is 26.7 Å². The molecule has 0 saturated carbocycles. The van der Waals surface area contributed by atoms with E-state index >= 15 is 0 Å². The van der Waals surface area contributed by atoms with E-state index in [-0.39, 0.29) is 28.7 Å². The van der Waals surface area contributed by atoms with Crippen molar-refractivity contribution in [2.24, 2.45) is 0 Å². The Hall–Kier alpha value is -0.710. The number of nitrogens with one attached hydrogen (secondary N) is 2. The molecule has 7 nitrogen and oxygen atoms in total. The van der Waals surface area contributed by atoms with Crippen LogP contribution >= 0.6 is 23.7 Å². The number of thiophene rings is 1. The fraction of sp³-hybridized carbons (Fsp3) is 0.583. The highest BCUT2D eigenvalue weighted by atomic mass is 35.5. The second-order valence-corrected chi connectivity index (χ2v) is 6.79. The lowest BCUT2D eigenvalue weighted by atomic mass is 10.3. The third kappa shape index (κ3) is 5.82. The van der Waals surface area contributed by atoms with Crippen molar-refractivity contribution >= 4 is 39.7 Å². The van der Waals surface area contributed by atoms with E-state index < -0.39 is 16.0 Å². The van der Waals surface area contributed by atoms with Crippen LogP contribution in [0.25, 0.3) is 0 Å². The van der Waals surface area contributed by atoms with E-state index in [0.717, 1.165) is 11.3 Å². The number of halogens is 1. The fourth-order valence-electron chi connectivity index (χ4n) is 1.65. The standard InChI is InChI=1S/C12H20N2O5S2.ClH/c1-9-8-20-10(12(15)19-3)11(9)21(16,17)14-5-4-13-6-7-18-2;/h8,13-14H,4-7H2,1-3H3;1H. The number of carbonyl (C=O) groups excluding carboxylic acids is 1. The smallest absolute Gasteiger partial charge is 0.349 e. The normalized spacial score (nSPS) is 11.0. The molecule has 10 heteroatoms. The van der Waals surface area contributed by atoms with Crippen molar-refractivity contribution in [2.75, 3.05) is 40.5 Å². The number of hydrogen-bond acceptors (Lipinski definition) is 7. The first kappa shape index (κ1) is 21.3. The highest BCUT2D eigenvalue weighted by molar-refractivity contribution is 7.89. The highest BCUT2D eigenvalue weighted by Gasteiger charge is 2.27. The predicted octanol–water partition coefficient (Wildman–Crippen LogP) is 0.779. The van der Waals surface area contributed by atoms with E-state index in [2.05, 4.69) is 14.8 Å². The molecule has 1 aromatic rings. The highest BCUT2D eigenvalue weighted by Crippen LogP contribution is 2.27. The molecule has 0 radical (unpaired) electrons. The summed E-state index contributed by atoms with van der Waals surface area (Å²) >= 11 is 1.06. The first-order valence-corrected chi connectivity index (χ1v) is 8.66. The third-order valence-corrected chi connectivity index (χ3v) is 5.49. The van der Waals surface area contributed by atoms with Crippen molar-refractivity contribution in [3.05, 3.63) is 15.8 Å². The van der Waals surface area contributed by atoms with Crippen LogP contribution in [0.4, 0.5) is 0 Å². The first-order chi connectivity index (χ1) is 9.94. The van der Waals surface area contributed by atoms with E-state index in [4.69, 9.17) is 4.74 Å². The summed E-state index contributed by atoms with van der Waals surface area (Å²) in [7, 11) is -0.919. The molecule has 0 saturated heterocycles. The molecular formula is C12H21ClN2O5S2. The maximum atomic E-state index is 12.3. The maximum Gasteiger partial charge on any atom is 0.349 e. The van der Waals surface area contributed by atoms with E-state index in [1.165, 1.54) is 7.11 Å². The van der Waals surface area contributed by atoms with Gasteiger partial charge in [-0.25, -0.2) is 17.9 Å². The van der Waals surface area contributed by atoms with E-state index in [1.54, 1.807) is 19.4 Å². The van der Waals surface area contributed by atoms with Gasteiger partial charge in [0.2, 0.25) is 10.0 Å². The van der Waals surface area contributed by atoms with Gasteiger partial charge in [0.15, 0.2) is 0 Å². The zero-order valence-electron chi connectivity index (χ0n) is 12.7. The summed E-state index contributed by atoms with van der Waals surface area (Å²) in [4.78, 5) is 11.7. The molecule has 0 amide bonds. The molecule has 2 N–H and O–H groups in total. The molecule has 0 fully saturated rings. The molecule has 0 aliphatic heterocycles. The minimum Gasteiger partial charge on any atom is -0.465 e. The summed E-state index contributed by atoms with van der Waals surface area (Å²) < 4.78 is 36.5. The van der Waals surface area contributed by atoms with Gasteiger partial charge >= 0.3 is 5.97 Å². The molecular weight excluding hydrogens is 352 g/mol. The van der Waals surface area contributed by atoms with Crippen LogP contribution in [0.1, 0.15) is 15.2 Å². The number of aryl methyl sites for hydroxylation is 1. The molecule has 0 atom stereocenters. The van der Waals surface area contributed by atoms with Crippen LogP contribution in [0.5, 0.6) is 0 Å². The zero-order valence-corrected chi connectivity index (χ0v) is 15.1. The Labute approximate surface area is 140 Å². The lowest BCUT2D eigenvalue weighted by Gasteiger charge is -2.09. The minimum absolute atomic E-state index is 0. The topological polar surface area (TPSA) is 93.7 Å². The van der Waals surface area contributed by atoms with Gasteiger partial charge in [-0.05, 0) is 17.9 Å². The average Bonchev–Trinajstić information content (AvgIpc) is 2.84. The molecule has 0 spiro atoms. The Morgan fingerprint density at radius 3 is 2.55 bits per heavy atom. The van der Waals surface area contributed by atoms with Gasteiger partial charge in [0.05, 0.1) is 13.7 Å². The molecule has 0 aliphatic rings. The summed E-state index contributed by atoms with van der Waals surface area (Å²) in [5.41, 5.74) is 0.528. The summed E-state index contributed by atoms with van der Waals surface area (Å²) in [6, 6.07) is 0. The number of hydrogen-bond donors (Lipinski definition) is 2. The number of rotatable bonds is 9. The van der Waals surface area contributed by atoms with Crippen molar-refractivity contribution < 1.29 is 22.7 Å². The van der Waals surface area contributed by atoms with Gasteiger partial charge in [-0.15, -0.1) is 23.7 Å². The summed E-state index contributed by atoms with van der Waals surface area (Å²) in [5, 5.41) is 4.65. The number of sulfonamides is 1. The molecule has 1 rings (SSSR count). The van der Waals surface area contributed by atoms with E-state index in [1.807, 2.05) is 0 Å². The van der Waals surface area contributed by atoms with Gasteiger partial charge in [-0.2, -0.15) is 0 Å². The largest absolute Gasteiger partial charge is 0.465 e. The van der Waals surface area contributed by atoms with Gasteiger partial charge in [-0.1, -0.05) is 0 Å². The van der Waals surface area contributed by atoms with Crippen LogP contribution in [0.15, 0.2) is 10.3 Å². The summed E-state index contributed by atoms with van der Waals surface area (Å²) in [6.07, 6.45) is 0. The Morgan fingerprint density at radius 1 is 1.27 bits per heavy atom. The van der Waals surface area contributed by atoms with Crippen LogP contribution in [0, 0.1) is 6.92 Å². The maximum absolute atomic E-state index is 12.3. The van der Waals surface area contributed by atoms with Gasteiger partial charge in [-0.3, -0.25) is 0 Å². The Morgan fingerprint density at radius 2 is 1.95 bits per heavy atom. The van der Waals surface area contributed by atoms with Crippen molar-refractivity contribution in [2.45, 2.75) is 11.8 Å². The lowest BCUT2D eigenvalue weighted by molar-refractivity contribution is 0.0602. The molecule has 0 unspecified atom stereocenters. The second-order valence-electron chi connectivity index (χ2n) is 4.21. The monoisotopic (exact) mass is 372 g/mol. The van der Waals surface area contributed by atoms with Crippen molar-refractivity contribution in [1.82, 2.24) is 10.0 Å². The number of methoxy groups -OCH3 is 2. The Bertz CT molecular complexity index is 574. The van der Waals surface area contributed by atoms with Crippen LogP contribution in [0.2, 0.25) is 0 Å². The molecule has 1 aromatic heterocycles. The number of carbonyl (C=O) groups is 1. The Balaban J connectivity index is 0.00000441. The molecule has 0 aliphatic carbocycles. The quantitative estimate of drug-likeness (QED) is 0.491. The van der Waals surface area contributed by atoms with Crippen molar-refractivity contribution in [1.29, 1.82) is 0 Å². The van der Waals surface area contributed by atoms with Gasteiger partial charge in [0.1, 0.15) is 9.77 Å². The van der Waals surface area contributed by atoms with Crippen molar-refractivity contribution in [3.8, 4) is 0 Å². The predicted molar refractivity (Wildman–Crippen MR) is 87.6 cm³/mol. The van der Waals surface area contributed by atoms with Crippen LogP contribution in [-0.4, -0.2) is 54.8 Å². The fourth-order valence-corrected chi connectivity index (χ4v) is 4.38. The number of ether oxygens (including phenoxy) is 2. The van der Waals surface area contributed by atoms with Crippen LogP contribution in [-0.2, 0) is 19.5 Å². The molecule has 1 heterocycles. The Kier molecular flexibility index (Phi) is 9.81. The van der Waals surface area contributed by atoms with Gasteiger partial charge in [0.25, 0.3) is 0 Å². The first-order valence-electron chi connectivity index (χ1n) is 6.29. The average molecular weight is 373 g/mol. The third-order valence-electron chi connectivity index (χ3n) is 2.63. The summed E-state index contributed by atoms with van der Waals surface area (Å²) in [6.45, 7) is 3.54. The SMILES string of the molecule is COCCNCCNS(=O)(=O)c1c(C)csc1C(=O)OC.Cl. The summed E-state index contributed by atoms with van der Waals surface area (Å²) in [5.74, 6) is -0.647. The zero-order chi connectivity index (χ0) is 15.9. The van der Waals surface area contributed by atoms with Crippen LogP contribution in [0.3, 0.4) is 0 Å². The van der Waals surface area contributed by atoms with E-state index in [9.17, 15) is 13.2 Å². The molecule has 22 heavy (non-hydrogen) atoms. The minimum atomic E-state index is -3.74. The van der Waals surface area contributed by atoms with Gasteiger partial charge < -0.3 is 14.8 Å². The second kappa shape index (κ2) is 10.1. The number of esters is 1. The van der Waals surface area contributed by atoms with E-state index in [0.29, 0.717) is 25.3 Å². The molecule has 128 valence electrons. The van der Waals surface area contributed by atoms with Crippen molar-refractivity contribution in [3.63, 3.8) is 0 Å². The molecule has 0 aromatic carbocycles. The molecule has 0 bridgehead atoms. The van der Waals surface area contributed by atoms with Crippen LogP contribution < -0.4 is 10.0 Å². The lowest BCUT2D eigenvalue weighted by Crippen LogP contribution is -2.33.